The summed E-state index contributed by atoms with van der Waals surface area (Å²) >= 11 is 5.31. The molecule has 3 rings (SSSR count). The van der Waals surface area contributed by atoms with E-state index in [9.17, 15) is 4.79 Å². The molecule has 2 aromatic rings. The lowest BCUT2D eigenvalue weighted by molar-refractivity contribution is -0.116. The average Bonchev–Trinajstić information content (AvgIpc) is 3.16. The number of amides is 1. The van der Waals surface area contributed by atoms with Crippen LogP contribution in [0.25, 0.3) is 6.08 Å². The third kappa shape index (κ3) is 6.42. The van der Waals surface area contributed by atoms with Crippen LogP contribution < -0.4 is 16.2 Å². The molecule has 0 unspecified atom stereocenters. The average molecular weight is 412 g/mol. The predicted octanol–water partition coefficient (Wildman–Crippen LogP) is 3.26. The fourth-order valence-corrected chi connectivity index (χ4v) is 3.85. The number of nitrogens with one attached hydrogen (secondary N) is 3. The molecule has 7 heteroatoms. The predicted molar refractivity (Wildman–Crippen MR) is 120 cm³/mol. The minimum atomic E-state index is -0.268. The molecule has 6 nitrogen and oxygen atoms in total. The van der Waals surface area contributed by atoms with E-state index >= 15 is 0 Å². The second kappa shape index (κ2) is 10.2. The van der Waals surface area contributed by atoms with Crippen molar-refractivity contribution in [2.75, 3.05) is 0 Å². The molecule has 1 aliphatic rings. The number of aromatic nitrogens is 2. The van der Waals surface area contributed by atoms with Gasteiger partial charge in [0, 0.05) is 23.9 Å². The molecule has 0 bridgehead atoms. The zero-order chi connectivity index (χ0) is 20.6. The van der Waals surface area contributed by atoms with Gasteiger partial charge in [0.05, 0.1) is 12.7 Å². The third-order valence-electron chi connectivity index (χ3n) is 5.59. The molecule has 29 heavy (non-hydrogen) atoms. The number of nitrogens with zero attached hydrogens (tertiary/aromatic N) is 2. The van der Waals surface area contributed by atoms with Crippen LogP contribution in [-0.2, 0) is 11.3 Å². The lowest BCUT2D eigenvalue weighted by Crippen LogP contribution is -2.52. The maximum absolute atomic E-state index is 12.1. The van der Waals surface area contributed by atoms with Gasteiger partial charge in [-0.25, -0.2) is 0 Å². The molecule has 0 aliphatic heterocycles. The Morgan fingerprint density at radius 2 is 2.03 bits per heavy atom. The van der Waals surface area contributed by atoms with Crippen LogP contribution in [0.15, 0.2) is 48.8 Å². The molecule has 1 fully saturated rings. The fourth-order valence-electron chi connectivity index (χ4n) is 3.64. The van der Waals surface area contributed by atoms with Gasteiger partial charge in [0.2, 0.25) is 0 Å². The lowest BCUT2D eigenvalue weighted by Gasteiger charge is -2.35. The van der Waals surface area contributed by atoms with Crippen molar-refractivity contribution in [3.05, 3.63) is 59.9 Å². The number of thiocarbonyl (C=S) groups is 1. The Labute approximate surface area is 177 Å². The van der Waals surface area contributed by atoms with E-state index in [-0.39, 0.29) is 5.91 Å². The van der Waals surface area contributed by atoms with Gasteiger partial charge in [-0.05, 0) is 42.1 Å². The molecule has 1 amide bonds. The molecule has 0 spiro atoms. The number of benzene rings is 1. The molecule has 1 aromatic heterocycles. The summed E-state index contributed by atoms with van der Waals surface area (Å²) in [7, 11) is 0. The summed E-state index contributed by atoms with van der Waals surface area (Å²) in [6, 6.07) is 10.5. The van der Waals surface area contributed by atoms with Crippen LogP contribution in [0.1, 0.15) is 44.2 Å². The van der Waals surface area contributed by atoms with Gasteiger partial charge in [-0.3, -0.25) is 20.3 Å². The molecule has 0 radical (unpaired) electrons. The molecule has 3 N–H and O–H groups in total. The Balaban J connectivity index is 1.42. The first-order valence-electron chi connectivity index (χ1n) is 10.1. The van der Waals surface area contributed by atoms with E-state index in [1.165, 1.54) is 24.5 Å². The molecule has 1 saturated carbocycles. The van der Waals surface area contributed by atoms with Gasteiger partial charge in [0.1, 0.15) is 0 Å². The van der Waals surface area contributed by atoms with Crippen LogP contribution in [0.2, 0.25) is 0 Å². The van der Waals surface area contributed by atoms with Crippen LogP contribution >= 0.6 is 12.2 Å². The Hall–Kier alpha value is -2.67. The monoisotopic (exact) mass is 411 g/mol. The number of hydrogen-bond acceptors (Lipinski definition) is 3. The van der Waals surface area contributed by atoms with Gasteiger partial charge in [-0.15, -0.1) is 0 Å². The quantitative estimate of drug-likeness (QED) is 0.400. The molecule has 1 heterocycles. The van der Waals surface area contributed by atoms with Crippen LogP contribution in [0.3, 0.4) is 0 Å². The van der Waals surface area contributed by atoms with E-state index in [4.69, 9.17) is 12.2 Å². The summed E-state index contributed by atoms with van der Waals surface area (Å²) < 4.78 is 1.84. The highest BCUT2D eigenvalue weighted by atomic mass is 32.1. The summed E-state index contributed by atoms with van der Waals surface area (Å²) in [6.45, 7) is 5.23. The van der Waals surface area contributed by atoms with Crippen molar-refractivity contribution >= 4 is 29.3 Å². The van der Waals surface area contributed by atoms with Crippen LogP contribution in [-0.4, -0.2) is 26.8 Å². The Kier molecular flexibility index (Phi) is 7.41. The summed E-state index contributed by atoms with van der Waals surface area (Å²) in [5.41, 5.74) is 7.44. The van der Waals surface area contributed by atoms with E-state index in [1.807, 2.05) is 29.1 Å². The zero-order valence-electron chi connectivity index (χ0n) is 17.0. The normalized spacial score (nSPS) is 21.7. The van der Waals surface area contributed by atoms with Gasteiger partial charge >= 0.3 is 0 Å². The number of hydrogen-bond donors (Lipinski definition) is 3. The van der Waals surface area contributed by atoms with Crippen molar-refractivity contribution in [3.63, 3.8) is 0 Å². The van der Waals surface area contributed by atoms with E-state index in [0.717, 1.165) is 12.0 Å². The van der Waals surface area contributed by atoms with E-state index in [2.05, 4.69) is 47.2 Å². The molecule has 0 saturated heterocycles. The maximum Gasteiger partial charge on any atom is 0.262 e. The number of carbonyl (C=O) groups excluding carboxylic acids is 1. The molecular weight excluding hydrogens is 382 g/mol. The summed E-state index contributed by atoms with van der Waals surface area (Å²) in [5.74, 6) is 0.978. The van der Waals surface area contributed by atoms with Crippen LogP contribution in [0, 0.1) is 11.8 Å². The largest absolute Gasteiger partial charge is 0.358 e. The molecule has 3 atom stereocenters. The second-order valence-electron chi connectivity index (χ2n) is 7.75. The smallest absolute Gasteiger partial charge is 0.262 e. The van der Waals surface area contributed by atoms with E-state index in [0.29, 0.717) is 29.5 Å². The van der Waals surface area contributed by atoms with Crippen molar-refractivity contribution in [1.29, 1.82) is 0 Å². The highest BCUT2D eigenvalue weighted by molar-refractivity contribution is 7.80. The first kappa shape index (κ1) is 21.0. The van der Waals surface area contributed by atoms with Crippen molar-refractivity contribution in [2.45, 2.75) is 45.7 Å². The number of carbonyl (C=O) groups is 1. The lowest BCUT2D eigenvalue weighted by atomic mass is 9.78. The first-order valence-corrected chi connectivity index (χ1v) is 10.5. The van der Waals surface area contributed by atoms with Gasteiger partial charge < -0.3 is 5.32 Å². The Bertz CT molecular complexity index is 848. The summed E-state index contributed by atoms with van der Waals surface area (Å²) in [5, 5.41) is 8.10. The van der Waals surface area contributed by atoms with Crippen LogP contribution in [0.5, 0.6) is 0 Å². The van der Waals surface area contributed by atoms with Gasteiger partial charge in [-0.1, -0.05) is 57.0 Å². The maximum atomic E-state index is 12.1. The number of hydrazine groups is 1. The fraction of sp³-hybridized carbons (Fsp3) is 0.409. The third-order valence-corrected chi connectivity index (χ3v) is 5.81. The molecule has 154 valence electrons. The van der Waals surface area contributed by atoms with Crippen molar-refractivity contribution in [3.8, 4) is 0 Å². The Morgan fingerprint density at radius 1 is 1.24 bits per heavy atom. The second-order valence-corrected chi connectivity index (χ2v) is 8.16. The van der Waals surface area contributed by atoms with E-state index in [1.54, 1.807) is 12.3 Å². The van der Waals surface area contributed by atoms with Gasteiger partial charge in [-0.2, -0.15) is 5.10 Å². The number of rotatable bonds is 5. The molecule has 1 aromatic carbocycles. The minimum Gasteiger partial charge on any atom is -0.358 e. The van der Waals surface area contributed by atoms with Crippen molar-refractivity contribution < 1.29 is 4.79 Å². The summed E-state index contributed by atoms with van der Waals surface area (Å²) in [4.78, 5) is 12.1. The highest BCUT2D eigenvalue weighted by Gasteiger charge is 2.27. The topological polar surface area (TPSA) is 71.0 Å². The van der Waals surface area contributed by atoms with Crippen LogP contribution in [0.4, 0.5) is 0 Å². The minimum absolute atomic E-state index is 0.268. The SMILES string of the molecule is C[C@@H]1[C@H](C)CCC[C@@H]1NC(=S)NNC(=O)/C=C/c1cnn(Cc2ccccc2)c1. The molecular formula is C22H29N5OS. The first-order chi connectivity index (χ1) is 14.0. The standard InChI is InChI=1S/C22H29N5OS/c1-16-7-6-10-20(17(16)2)24-22(29)26-25-21(28)12-11-19-13-23-27(15-19)14-18-8-4-3-5-9-18/h3-5,8-9,11-13,15-17,20H,6-7,10,14H2,1-2H3,(H,25,28)(H2,24,26,29)/b12-11+/t16-,17-,20+/m1/s1. The Morgan fingerprint density at radius 3 is 2.83 bits per heavy atom. The van der Waals surface area contributed by atoms with Gasteiger partial charge in [0.25, 0.3) is 5.91 Å². The van der Waals surface area contributed by atoms with Gasteiger partial charge in [0.15, 0.2) is 5.11 Å². The molecule has 1 aliphatic carbocycles. The highest BCUT2D eigenvalue weighted by Crippen LogP contribution is 2.29. The van der Waals surface area contributed by atoms with Crippen molar-refractivity contribution in [1.82, 2.24) is 25.9 Å². The zero-order valence-corrected chi connectivity index (χ0v) is 17.8. The van der Waals surface area contributed by atoms with Crippen molar-refractivity contribution in [2.24, 2.45) is 11.8 Å². The summed E-state index contributed by atoms with van der Waals surface area (Å²) in [6.07, 6.45) is 10.4. The van der Waals surface area contributed by atoms with E-state index < -0.39 is 0 Å².